The van der Waals surface area contributed by atoms with Gasteiger partial charge in [-0.25, -0.2) is 0 Å². The molecule has 0 saturated heterocycles. The van der Waals surface area contributed by atoms with Gasteiger partial charge in [-0.15, -0.1) is 0 Å². The monoisotopic (exact) mass is 294 g/mol. The van der Waals surface area contributed by atoms with Crippen molar-refractivity contribution in [3.05, 3.63) is 11.1 Å². The number of fused-ring (bicyclic) bond motifs is 3. The zero-order valence-corrected chi connectivity index (χ0v) is 12.5. The van der Waals surface area contributed by atoms with Crippen molar-refractivity contribution in [3.63, 3.8) is 0 Å². The van der Waals surface area contributed by atoms with Gasteiger partial charge in [0, 0.05) is 18.0 Å². The Morgan fingerprint density at radius 1 is 1.42 bits per heavy atom. The molecule has 1 fully saturated rings. The molecule has 6 heteroatoms. The van der Waals surface area contributed by atoms with Gasteiger partial charge >= 0.3 is 0 Å². The Morgan fingerprint density at radius 3 is 3.26 bits per heavy atom. The largest absolute Gasteiger partial charge is 0.363 e. The molecule has 19 heavy (non-hydrogen) atoms. The van der Waals surface area contributed by atoms with E-state index in [1.54, 1.807) is 0 Å². The number of nitrogens with one attached hydrogen (secondary N) is 1. The number of hydrogen-bond acceptors (Lipinski definition) is 6. The van der Waals surface area contributed by atoms with Gasteiger partial charge in [0.15, 0.2) is 10.3 Å². The number of aliphatic imine (C=N–C) groups is 2. The molecule has 102 valence electrons. The Kier molecular flexibility index (Phi) is 3.23. The van der Waals surface area contributed by atoms with Crippen LogP contribution in [0, 0.1) is 0 Å². The van der Waals surface area contributed by atoms with Gasteiger partial charge in [-0.2, -0.15) is 0 Å². The van der Waals surface area contributed by atoms with E-state index in [0.717, 1.165) is 24.0 Å². The van der Waals surface area contributed by atoms with Crippen LogP contribution in [0.2, 0.25) is 0 Å². The molecule has 0 spiro atoms. The first-order valence-corrected chi connectivity index (χ1v) is 8.92. The number of amidine groups is 2. The van der Waals surface area contributed by atoms with Crippen LogP contribution in [0.3, 0.4) is 0 Å². The Morgan fingerprint density at radius 2 is 2.37 bits per heavy atom. The lowest BCUT2D eigenvalue weighted by Crippen LogP contribution is -2.39. The zero-order chi connectivity index (χ0) is 12.7. The third-order valence-electron chi connectivity index (χ3n) is 4.12. The number of hydrogen-bond donors (Lipinski definition) is 1. The second kappa shape index (κ2) is 5.05. The third-order valence-corrected chi connectivity index (χ3v) is 6.01. The van der Waals surface area contributed by atoms with Gasteiger partial charge in [0.25, 0.3) is 0 Å². The molecule has 4 rings (SSSR count). The molecule has 4 nitrogen and oxygen atoms in total. The van der Waals surface area contributed by atoms with Crippen molar-refractivity contribution in [1.29, 1.82) is 0 Å². The lowest BCUT2D eigenvalue weighted by molar-refractivity contribution is 0.285. The summed E-state index contributed by atoms with van der Waals surface area (Å²) in [4.78, 5) is 11.9. The van der Waals surface area contributed by atoms with Crippen molar-refractivity contribution in [2.45, 2.75) is 37.8 Å². The molecule has 0 unspecified atom stereocenters. The second-order valence-electron chi connectivity index (χ2n) is 5.33. The smallest absolute Gasteiger partial charge is 0.168 e. The Hall–Kier alpha value is -0.620. The van der Waals surface area contributed by atoms with Crippen LogP contribution in [0.5, 0.6) is 0 Å². The van der Waals surface area contributed by atoms with Crippen molar-refractivity contribution < 1.29 is 0 Å². The molecular weight excluding hydrogens is 276 g/mol. The van der Waals surface area contributed by atoms with E-state index in [-0.39, 0.29) is 0 Å². The normalized spacial score (nSPS) is 32.4. The molecule has 0 radical (unpaired) electrons. The SMILES string of the molecule is C1=C(CSC2=NCCN2)N2C(=N[C@@H]3CCCC[C@H]32)S1. The van der Waals surface area contributed by atoms with Gasteiger partial charge in [-0.05, 0) is 18.2 Å². The van der Waals surface area contributed by atoms with Gasteiger partial charge in [-0.1, -0.05) is 36.4 Å². The molecule has 0 aromatic carbocycles. The molecule has 0 aromatic heterocycles. The maximum absolute atomic E-state index is 4.90. The molecule has 1 N–H and O–H groups in total. The summed E-state index contributed by atoms with van der Waals surface area (Å²) in [7, 11) is 0. The first-order chi connectivity index (χ1) is 9.42. The van der Waals surface area contributed by atoms with Crippen molar-refractivity contribution in [1.82, 2.24) is 10.2 Å². The lowest BCUT2D eigenvalue weighted by atomic mass is 9.91. The van der Waals surface area contributed by atoms with E-state index in [1.807, 2.05) is 23.5 Å². The van der Waals surface area contributed by atoms with Crippen LogP contribution in [0.25, 0.3) is 0 Å². The number of thioether (sulfide) groups is 2. The minimum absolute atomic E-state index is 0.562. The van der Waals surface area contributed by atoms with E-state index in [9.17, 15) is 0 Å². The van der Waals surface area contributed by atoms with Crippen LogP contribution in [0.1, 0.15) is 25.7 Å². The summed E-state index contributed by atoms with van der Waals surface area (Å²) in [6.45, 7) is 1.93. The predicted octanol–water partition coefficient (Wildman–Crippen LogP) is 2.25. The van der Waals surface area contributed by atoms with E-state index in [1.165, 1.54) is 36.5 Å². The summed E-state index contributed by atoms with van der Waals surface area (Å²) in [5, 5.41) is 7.96. The van der Waals surface area contributed by atoms with Gasteiger partial charge in [0.2, 0.25) is 0 Å². The average molecular weight is 294 g/mol. The van der Waals surface area contributed by atoms with Gasteiger partial charge in [0.05, 0.1) is 18.6 Å². The van der Waals surface area contributed by atoms with Gasteiger partial charge in [0.1, 0.15) is 0 Å². The summed E-state index contributed by atoms with van der Waals surface area (Å²) < 4.78 is 0. The van der Waals surface area contributed by atoms with E-state index in [4.69, 9.17) is 4.99 Å². The summed E-state index contributed by atoms with van der Waals surface area (Å²) in [6.07, 6.45) is 5.30. The zero-order valence-electron chi connectivity index (χ0n) is 10.8. The van der Waals surface area contributed by atoms with E-state index >= 15 is 0 Å². The highest BCUT2D eigenvalue weighted by Crippen LogP contribution is 2.41. The second-order valence-corrected chi connectivity index (χ2v) is 7.13. The summed E-state index contributed by atoms with van der Waals surface area (Å²) >= 11 is 3.64. The number of rotatable bonds is 2. The summed E-state index contributed by atoms with van der Waals surface area (Å²) in [5.74, 6) is 1.01. The van der Waals surface area contributed by atoms with Crippen LogP contribution in [0.4, 0.5) is 0 Å². The molecule has 1 aliphatic carbocycles. The average Bonchev–Trinajstić information content (AvgIpc) is 3.13. The Labute approximate surface area is 122 Å². The van der Waals surface area contributed by atoms with Gasteiger partial charge in [-0.3, -0.25) is 9.98 Å². The lowest BCUT2D eigenvalue weighted by Gasteiger charge is -2.31. The standard InChI is InChI=1S/C13H18N4S2/c1-2-4-11-10(3-1)16-13-17(11)9(8-19-13)7-18-12-14-5-6-15-12/h8,10-11H,1-7H2,(H,14,15)/t10-,11-/m1/s1. The van der Waals surface area contributed by atoms with Crippen LogP contribution in [-0.2, 0) is 0 Å². The highest BCUT2D eigenvalue weighted by atomic mass is 32.2. The molecule has 0 amide bonds. The molecule has 0 bridgehead atoms. The third kappa shape index (κ3) is 2.18. The number of nitrogens with zero attached hydrogens (tertiary/aromatic N) is 3. The molecule has 3 aliphatic heterocycles. The molecular formula is C13H18N4S2. The highest BCUT2D eigenvalue weighted by Gasteiger charge is 2.41. The van der Waals surface area contributed by atoms with Crippen LogP contribution >= 0.6 is 23.5 Å². The maximum atomic E-state index is 4.90. The molecule has 3 heterocycles. The van der Waals surface area contributed by atoms with E-state index in [0.29, 0.717) is 12.1 Å². The van der Waals surface area contributed by atoms with E-state index in [2.05, 4.69) is 20.6 Å². The minimum Gasteiger partial charge on any atom is -0.363 e. The van der Waals surface area contributed by atoms with Crippen molar-refractivity contribution in [2.75, 3.05) is 18.8 Å². The van der Waals surface area contributed by atoms with Gasteiger partial charge < -0.3 is 10.2 Å². The van der Waals surface area contributed by atoms with E-state index < -0.39 is 0 Å². The highest BCUT2D eigenvalue weighted by molar-refractivity contribution is 8.17. The first-order valence-electron chi connectivity index (χ1n) is 7.06. The van der Waals surface area contributed by atoms with Crippen molar-refractivity contribution in [2.24, 2.45) is 9.98 Å². The summed E-state index contributed by atoms with van der Waals surface area (Å²) in [6, 6.07) is 1.20. The molecule has 2 atom stereocenters. The topological polar surface area (TPSA) is 40.0 Å². The maximum Gasteiger partial charge on any atom is 0.168 e. The van der Waals surface area contributed by atoms with Crippen LogP contribution in [-0.4, -0.2) is 46.2 Å². The Bertz CT molecular complexity index is 471. The fourth-order valence-corrected chi connectivity index (χ4v) is 5.21. The van der Waals surface area contributed by atoms with Crippen LogP contribution in [0.15, 0.2) is 21.1 Å². The van der Waals surface area contributed by atoms with Crippen molar-refractivity contribution >= 4 is 33.9 Å². The van der Waals surface area contributed by atoms with Crippen LogP contribution < -0.4 is 5.32 Å². The Balaban J connectivity index is 1.44. The first kappa shape index (κ1) is 12.1. The molecule has 1 saturated carbocycles. The quantitative estimate of drug-likeness (QED) is 0.848. The minimum atomic E-state index is 0.562. The van der Waals surface area contributed by atoms with Crippen molar-refractivity contribution in [3.8, 4) is 0 Å². The molecule has 4 aliphatic rings. The fourth-order valence-electron chi connectivity index (χ4n) is 3.21. The predicted molar refractivity (Wildman–Crippen MR) is 83.8 cm³/mol. The molecule has 0 aromatic rings. The fraction of sp³-hybridized carbons (Fsp3) is 0.692. The summed E-state index contributed by atoms with van der Waals surface area (Å²) in [5.41, 5.74) is 1.43.